The van der Waals surface area contributed by atoms with Gasteiger partial charge in [-0.05, 0) is 43.4 Å². The van der Waals surface area contributed by atoms with Crippen LogP contribution < -0.4 is 4.31 Å². The molecule has 0 bridgehead atoms. The number of hydrogen-bond acceptors (Lipinski definition) is 4. The Balaban J connectivity index is 2.04. The highest BCUT2D eigenvalue weighted by Crippen LogP contribution is 2.35. The Bertz CT molecular complexity index is 810. The minimum atomic E-state index is -3.75. The molecule has 1 aliphatic rings. The van der Waals surface area contributed by atoms with E-state index in [0.29, 0.717) is 12.2 Å². The number of benzene rings is 1. The van der Waals surface area contributed by atoms with Crippen LogP contribution in [0.5, 0.6) is 5.75 Å². The number of sulfonamides is 1. The normalized spacial score (nSPS) is 15.5. The van der Waals surface area contributed by atoms with Crippen molar-refractivity contribution in [2.45, 2.75) is 44.2 Å². The van der Waals surface area contributed by atoms with Gasteiger partial charge in [0.15, 0.2) is 5.03 Å². The molecule has 1 fully saturated rings. The van der Waals surface area contributed by atoms with Crippen LogP contribution in [-0.4, -0.2) is 29.8 Å². The van der Waals surface area contributed by atoms with Crippen LogP contribution >= 0.6 is 0 Å². The molecule has 0 spiro atoms. The fourth-order valence-electron chi connectivity index (χ4n) is 2.85. The standard InChI is InChI=1S/C17H23N3O3S/c1-13(2)12-19(15-7-4-8-16(21)11-15)24(22,23)17-9-10-18-20(17)14-5-3-6-14/h4,7-11,13-14,21H,3,5-6,12H2,1-2H3. The molecule has 7 heteroatoms. The average Bonchev–Trinajstić information content (AvgIpc) is 2.92. The summed E-state index contributed by atoms with van der Waals surface area (Å²) in [5, 5.41) is 14.2. The van der Waals surface area contributed by atoms with Crippen LogP contribution in [0, 0.1) is 5.92 Å². The lowest BCUT2D eigenvalue weighted by atomic mass is 9.93. The number of aromatic hydroxyl groups is 1. The van der Waals surface area contributed by atoms with E-state index in [1.807, 2.05) is 13.8 Å². The van der Waals surface area contributed by atoms with Gasteiger partial charge in [-0.15, -0.1) is 0 Å². The third-order valence-corrected chi connectivity index (χ3v) is 6.05. The van der Waals surface area contributed by atoms with Gasteiger partial charge >= 0.3 is 0 Å². The minimum Gasteiger partial charge on any atom is -0.508 e. The van der Waals surface area contributed by atoms with Crippen molar-refractivity contribution in [2.75, 3.05) is 10.8 Å². The van der Waals surface area contributed by atoms with Crippen molar-refractivity contribution in [1.29, 1.82) is 0 Å². The molecule has 1 heterocycles. The molecular formula is C17H23N3O3S. The van der Waals surface area contributed by atoms with Crippen LogP contribution in [0.15, 0.2) is 41.6 Å². The van der Waals surface area contributed by atoms with Crippen LogP contribution in [0.3, 0.4) is 0 Å². The average molecular weight is 349 g/mol. The van der Waals surface area contributed by atoms with E-state index in [-0.39, 0.29) is 22.7 Å². The van der Waals surface area contributed by atoms with Crippen LogP contribution in [0.1, 0.15) is 39.2 Å². The second-order valence-corrected chi connectivity index (χ2v) is 8.46. The molecule has 0 amide bonds. The Kier molecular flexibility index (Phi) is 4.54. The predicted octanol–water partition coefficient (Wildman–Crippen LogP) is 3.17. The molecule has 1 aromatic heterocycles. The lowest BCUT2D eigenvalue weighted by molar-refractivity contribution is 0.271. The Labute approximate surface area is 142 Å². The molecule has 1 aromatic carbocycles. The molecular weight excluding hydrogens is 326 g/mol. The molecule has 0 aliphatic heterocycles. The molecule has 0 saturated heterocycles. The quantitative estimate of drug-likeness (QED) is 0.869. The van der Waals surface area contributed by atoms with Crippen molar-refractivity contribution in [3.63, 3.8) is 0 Å². The van der Waals surface area contributed by atoms with Crippen LogP contribution in [0.2, 0.25) is 0 Å². The molecule has 0 radical (unpaired) electrons. The lowest BCUT2D eigenvalue weighted by Crippen LogP contribution is -2.36. The second kappa shape index (κ2) is 6.47. The highest BCUT2D eigenvalue weighted by Gasteiger charge is 2.32. The zero-order valence-corrected chi connectivity index (χ0v) is 14.8. The van der Waals surface area contributed by atoms with Gasteiger partial charge in [-0.3, -0.25) is 4.31 Å². The van der Waals surface area contributed by atoms with E-state index in [9.17, 15) is 13.5 Å². The molecule has 6 nitrogen and oxygen atoms in total. The largest absolute Gasteiger partial charge is 0.508 e. The fourth-order valence-corrected chi connectivity index (χ4v) is 4.62. The first-order chi connectivity index (χ1) is 11.4. The molecule has 2 aromatic rings. The van der Waals surface area contributed by atoms with Crippen molar-refractivity contribution in [1.82, 2.24) is 9.78 Å². The van der Waals surface area contributed by atoms with E-state index < -0.39 is 10.0 Å². The van der Waals surface area contributed by atoms with Crippen molar-refractivity contribution < 1.29 is 13.5 Å². The monoisotopic (exact) mass is 349 g/mol. The summed E-state index contributed by atoms with van der Waals surface area (Å²) in [5.41, 5.74) is 0.463. The van der Waals surface area contributed by atoms with E-state index in [1.54, 1.807) is 29.1 Å². The molecule has 1 saturated carbocycles. The summed E-state index contributed by atoms with van der Waals surface area (Å²) in [6.07, 6.45) is 4.56. The second-order valence-electron chi connectivity index (χ2n) is 6.65. The van der Waals surface area contributed by atoms with Crippen molar-refractivity contribution in [2.24, 2.45) is 5.92 Å². The number of nitrogens with zero attached hydrogens (tertiary/aromatic N) is 3. The lowest BCUT2D eigenvalue weighted by Gasteiger charge is -2.30. The van der Waals surface area contributed by atoms with Gasteiger partial charge in [-0.1, -0.05) is 19.9 Å². The summed E-state index contributed by atoms with van der Waals surface area (Å²) in [5.74, 6) is 0.186. The van der Waals surface area contributed by atoms with Gasteiger partial charge in [0.1, 0.15) is 5.75 Å². The van der Waals surface area contributed by atoms with Crippen LogP contribution in [-0.2, 0) is 10.0 Å². The number of phenols is 1. The summed E-state index contributed by atoms with van der Waals surface area (Å²) in [6.45, 7) is 4.27. The van der Waals surface area contributed by atoms with Crippen molar-refractivity contribution >= 4 is 15.7 Å². The zero-order valence-electron chi connectivity index (χ0n) is 14.0. The Morgan fingerprint density at radius 2 is 2.08 bits per heavy atom. The van der Waals surface area contributed by atoms with Crippen LogP contribution in [0.25, 0.3) is 0 Å². The van der Waals surface area contributed by atoms with E-state index in [1.165, 1.54) is 16.4 Å². The first kappa shape index (κ1) is 16.8. The zero-order chi connectivity index (χ0) is 17.3. The van der Waals surface area contributed by atoms with Crippen molar-refractivity contribution in [3.8, 4) is 5.75 Å². The summed E-state index contributed by atoms with van der Waals surface area (Å²) >= 11 is 0. The first-order valence-electron chi connectivity index (χ1n) is 8.25. The van der Waals surface area contributed by atoms with Crippen molar-refractivity contribution in [3.05, 3.63) is 36.5 Å². The molecule has 1 aliphatic carbocycles. The van der Waals surface area contributed by atoms with Gasteiger partial charge < -0.3 is 5.11 Å². The van der Waals surface area contributed by atoms with Gasteiger partial charge in [0, 0.05) is 12.6 Å². The Hall–Kier alpha value is -2.02. The number of rotatable bonds is 6. The maximum absolute atomic E-state index is 13.3. The fraction of sp³-hybridized carbons (Fsp3) is 0.471. The van der Waals surface area contributed by atoms with Gasteiger partial charge in [0.2, 0.25) is 0 Å². The van der Waals surface area contributed by atoms with E-state index >= 15 is 0 Å². The minimum absolute atomic E-state index is 0.0453. The number of hydrogen-bond donors (Lipinski definition) is 1. The summed E-state index contributed by atoms with van der Waals surface area (Å²) < 4.78 is 29.6. The smallest absolute Gasteiger partial charge is 0.281 e. The highest BCUT2D eigenvalue weighted by atomic mass is 32.2. The molecule has 0 unspecified atom stereocenters. The predicted molar refractivity (Wildman–Crippen MR) is 92.6 cm³/mol. The Morgan fingerprint density at radius 1 is 1.33 bits per heavy atom. The van der Waals surface area contributed by atoms with Gasteiger partial charge in [-0.25, -0.2) is 4.68 Å². The number of anilines is 1. The number of aromatic nitrogens is 2. The van der Waals surface area contributed by atoms with E-state index in [4.69, 9.17) is 0 Å². The van der Waals surface area contributed by atoms with Gasteiger partial charge in [0.25, 0.3) is 10.0 Å². The number of phenolic OH excluding ortho intramolecular Hbond substituents is 1. The topological polar surface area (TPSA) is 75.4 Å². The van der Waals surface area contributed by atoms with E-state index in [0.717, 1.165) is 19.3 Å². The molecule has 3 rings (SSSR count). The maximum atomic E-state index is 13.3. The molecule has 0 atom stereocenters. The van der Waals surface area contributed by atoms with Crippen LogP contribution in [0.4, 0.5) is 5.69 Å². The third kappa shape index (κ3) is 3.13. The summed E-state index contributed by atoms with van der Waals surface area (Å²) in [6, 6.07) is 8.08. The first-order valence-corrected chi connectivity index (χ1v) is 9.69. The third-order valence-electron chi connectivity index (χ3n) is 4.26. The molecule has 1 N–H and O–H groups in total. The molecule has 130 valence electrons. The maximum Gasteiger partial charge on any atom is 0.281 e. The highest BCUT2D eigenvalue weighted by molar-refractivity contribution is 7.92. The van der Waals surface area contributed by atoms with Gasteiger partial charge in [0.05, 0.1) is 17.9 Å². The summed E-state index contributed by atoms with van der Waals surface area (Å²) in [4.78, 5) is 0. The summed E-state index contributed by atoms with van der Waals surface area (Å²) in [7, 11) is -3.75. The Morgan fingerprint density at radius 3 is 2.67 bits per heavy atom. The SMILES string of the molecule is CC(C)CN(c1cccc(O)c1)S(=O)(=O)c1ccnn1C1CCC1. The van der Waals surface area contributed by atoms with Gasteiger partial charge in [-0.2, -0.15) is 13.5 Å². The van der Waals surface area contributed by atoms with E-state index in [2.05, 4.69) is 5.10 Å². The molecule has 24 heavy (non-hydrogen) atoms.